The number of hydrogen-bond acceptors (Lipinski definition) is 9. The van der Waals surface area contributed by atoms with Crippen LogP contribution in [-0.4, -0.2) is 49.6 Å². The molecule has 0 aliphatic carbocycles. The molecule has 0 saturated carbocycles. The summed E-state index contributed by atoms with van der Waals surface area (Å²) in [5.74, 6) is -0.449. The Bertz CT molecular complexity index is 1660. The molecule has 0 bridgehead atoms. The molecule has 5 rings (SSSR count). The number of phenols is 4. The number of allylic oxidation sites excluding steroid dienone is 1. The summed E-state index contributed by atoms with van der Waals surface area (Å²) in [7, 11) is 1.38. The van der Waals surface area contributed by atoms with Crippen molar-refractivity contribution in [3.63, 3.8) is 0 Å². The Hall–Kier alpha value is -4.99. The highest BCUT2D eigenvalue weighted by molar-refractivity contribution is 6.03. The van der Waals surface area contributed by atoms with Gasteiger partial charge in [0.1, 0.15) is 46.2 Å². The van der Waals surface area contributed by atoms with E-state index >= 15 is 0 Å². The zero-order valence-electron chi connectivity index (χ0n) is 25.4. The number of hydrogen-bond donors (Lipinski definition) is 6. The Balaban J connectivity index is 1.39. The number of carbonyl (C=O) groups excluding carboxylic acids is 1. The van der Waals surface area contributed by atoms with Crippen LogP contribution in [0.5, 0.6) is 34.5 Å². The van der Waals surface area contributed by atoms with Crippen molar-refractivity contribution in [2.75, 3.05) is 7.11 Å². The molecule has 1 heterocycles. The lowest BCUT2D eigenvalue weighted by molar-refractivity contribution is 0.0826. The van der Waals surface area contributed by atoms with E-state index in [1.165, 1.54) is 25.3 Å². The van der Waals surface area contributed by atoms with Crippen LogP contribution in [0.15, 0.2) is 91.0 Å². The summed E-state index contributed by atoms with van der Waals surface area (Å²) in [5, 5.41) is 62.5. The van der Waals surface area contributed by atoms with Crippen LogP contribution in [0.4, 0.5) is 0 Å². The van der Waals surface area contributed by atoms with Gasteiger partial charge in [0.05, 0.1) is 31.3 Å². The minimum Gasteiger partial charge on any atom is -0.508 e. The van der Waals surface area contributed by atoms with Crippen molar-refractivity contribution in [1.29, 1.82) is 0 Å². The number of ether oxygens (including phenoxy) is 2. The topological polar surface area (TPSA) is 157 Å². The molecule has 240 valence electrons. The molecule has 0 aromatic heterocycles. The van der Waals surface area contributed by atoms with Crippen LogP contribution in [0.2, 0.25) is 0 Å². The number of aliphatic hydroxyl groups is 2. The molecule has 6 N–H and O–H groups in total. The molecule has 9 heteroatoms. The average Bonchev–Trinajstić information content (AvgIpc) is 3.04. The third-order valence-corrected chi connectivity index (χ3v) is 8.27. The van der Waals surface area contributed by atoms with Crippen molar-refractivity contribution < 1.29 is 44.9 Å². The van der Waals surface area contributed by atoms with Gasteiger partial charge in [-0.2, -0.15) is 0 Å². The third-order valence-electron chi connectivity index (χ3n) is 8.27. The third kappa shape index (κ3) is 7.62. The number of aliphatic hydroxyl groups excluding tert-OH is 2. The van der Waals surface area contributed by atoms with E-state index in [0.29, 0.717) is 24.8 Å². The van der Waals surface area contributed by atoms with Gasteiger partial charge < -0.3 is 40.1 Å². The van der Waals surface area contributed by atoms with E-state index in [1.54, 1.807) is 48.5 Å². The maximum Gasteiger partial charge on any atom is 0.174 e. The fourth-order valence-corrected chi connectivity index (χ4v) is 5.75. The molecule has 4 aromatic rings. The fraction of sp³-hybridized carbons (Fsp3) is 0.270. The second kappa shape index (κ2) is 14.4. The van der Waals surface area contributed by atoms with Crippen molar-refractivity contribution in [1.82, 2.24) is 0 Å². The standard InChI is InChI=1S/C37H38O9/c1-45-34-21-31(43)35(37-36(34)32(44)20-33(46-37)24-10-17-29(41)18-11-24)30(42)19-25(23-8-15-28(40)16-9-23)3-2-4-26(38)12-5-22-6-13-27(39)14-7-22/h2-3,6-11,13-18,21,25-26,30,33,38-43H,4-5,12,19-20H2,1H3. The monoisotopic (exact) mass is 626 g/mol. The number of phenolic OH excluding ortho intramolecular Hbond substituents is 4. The normalized spacial score (nSPS) is 16.4. The smallest absolute Gasteiger partial charge is 0.174 e. The number of benzene rings is 4. The molecule has 4 unspecified atom stereocenters. The summed E-state index contributed by atoms with van der Waals surface area (Å²) in [6.07, 6.45) is 2.70. The van der Waals surface area contributed by atoms with Gasteiger partial charge in [-0.1, -0.05) is 48.6 Å². The Kier molecular flexibility index (Phi) is 10.1. The van der Waals surface area contributed by atoms with Crippen LogP contribution in [0.25, 0.3) is 0 Å². The first-order valence-corrected chi connectivity index (χ1v) is 15.1. The van der Waals surface area contributed by atoms with E-state index in [2.05, 4.69) is 0 Å². The van der Waals surface area contributed by atoms with Gasteiger partial charge >= 0.3 is 0 Å². The lowest BCUT2D eigenvalue weighted by Crippen LogP contribution is -2.23. The van der Waals surface area contributed by atoms with Crippen molar-refractivity contribution >= 4 is 5.78 Å². The molecular weight excluding hydrogens is 588 g/mol. The van der Waals surface area contributed by atoms with Crippen LogP contribution < -0.4 is 9.47 Å². The van der Waals surface area contributed by atoms with Gasteiger partial charge in [0.25, 0.3) is 0 Å². The number of methoxy groups -OCH3 is 1. The molecule has 0 saturated heterocycles. The molecule has 0 radical (unpaired) electrons. The molecule has 46 heavy (non-hydrogen) atoms. The highest BCUT2D eigenvalue weighted by Crippen LogP contribution is 2.49. The van der Waals surface area contributed by atoms with Gasteiger partial charge in [-0.05, 0) is 78.8 Å². The number of aromatic hydroxyl groups is 4. The van der Waals surface area contributed by atoms with Crippen LogP contribution in [0, 0.1) is 0 Å². The fourth-order valence-electron chi connectivity index (χ4n) is 5.75. The number of carbonyl (C=O) groups is 1. The van der Waals surface area contributed by atoms with E-state index < -0.39 is 24.2 Å². The minimum absolute atomic E-state index is 0.00237. The second-order valence-corrected chi connectivity index (χ2v) is 11.5. The molecule has 4 aromatic carbocycles. The lowest BCUT2D eigenvalue weighted by Gasteiger charge is -2.30. The molecule has 9 nitrogen and oxygen atoms in total. The molecule has 1 aliphatic heterocycles. The highest BCUT2D eigenvalue weighted by Gasteiger charge is 2.36. The van der Waals surface area contributed by atoms with Gasteiger partial charge in [0.15, 0.2) is 5.78 Å². The van der Waals surface area contributed by atoms with Crippen molar-refractivity contribution in [3.05, 3.63) is 119 Å². The van der Waals surface area contributed by atoms with Crippen molar-refractivity contribution in [2.24, 2.45) is 0 Å². The van der Waals surface area contributed by atoms with Gasteiger partial charge in [-0.25, -0.2) is 0 Å². The molecule has 0 fully saturated rings. The molecule has 0 amide bonds. The van der Waals surface area contributed by atoms with Crippen LogP contribution in [0.3, 0.4) is 0 Å². The quantitative estimate of drug-likeness (QED) is 0.0983. The van der Waals surface area contributed by atoms with Gasteiger partial charge in [-0.15, -0.1) is 0 Å². The van der Waals surface area contributed by atoms with Crippen LogP contribution >= 0.6 is 0 Å². The molecule has 1 aliphatic rings. The van der Waals surface area contributed by atoms with E-state index in [0.717, 1.165) is 11.1 Å². The Morgan fingerprint density at radius 3 is 2.13 bits per heavy atom. The lowest BCUT2D eigenvalue weighted by atomic mass is 9.86. The Morgan fingerprint density at radius 2 is 1.50 bits per heavy atom. The average molecular weight is 627 g/mol. The van der Waals surface area contributed by atoms with E-state index in [9.17, 15) is 35.4 Å². The first-order valence-electron chi connectivity index (χ1n) is 15.1. The van der Waals surface area contributed by atoms with E-state index in [1.807, 2.05) is 24.3 Å². The predicted octanol–water partition coefficient (Wildman–Crippen LogP) is 6.37. The zero-order chi connectivity index (χ0) is 32.8. The second-order valence-electron chi connectivity index (χ2n) is 11.5. The predicted molar refractivity (Wildman–Crippen MR) is 172 cm³/mol. The number of ketones is 1. The van der Waals surface area contributed by atoms with Crippen molar-refractivity contribution in [3.8, 4) is 34.5 Å². The number of rotatable bonds is 12. The zero-order valence-corrected chi connectivity index (χ0v) is 25.4. The SMILES string of the molecule is COc1cc(O)c(C(O)CC(C=CCC(O)CCc2ccc(O)cc2)c2ccc(O)cc2)c2c1C(=O)CC(c1ccc(O)cc1)O2. The Labute approximate surface area is 267 Å². The summed E-state index contributed by atoms with van der Waals surface area (Å²) in [6.45, 7) is 0. The minimum atomic E-state index is -1.28. The maximum atomic E-state index is 13.4. The highest BCUT2D eigenvalue weighted by atomic mass is 16.5. The number of aryl methyl sites for hydroxylation is 1. The van der Waals surface area contributed by atoms with E-state index in [4.69, 9.17) is 9.47 Å². The van der Waals surface area contributed by atoms with Gasteiger partial charge in [0.2, 0.25) is 0 Å². The number of fused-ring (bicyclic) bond motifs is 1. The van der Waals surface area contributed by atoms with Crippen molar-refractivity contribution in [2.45, 2.75) is 56.3 Å². The summed E-state index contributed by atoms with van der Waals surface area (Å²) in [4.78, 5) is 13.4. The summed E-state index contributed by atoms with van der Waals surface area (Å²) in [6, 6.07) is 21.0. The maximum absolute atomic E-state index is 13.4. The summed E-state index contributed by atoms with van der Waals surface area (Å²) >= 11 is 0. The first-order chi connectivity index (χ1) is 22.1. The molecular formula is C37H38O9. The molecule has 0 spiro atoms. The summed E-state index contributed by atoms with van der Waals surface area (Å²) < 4.78 is 11.7. The first kappa shape index (κ1) is 32.4. The van der Waals surface area contributed by atoms with Crippen LogP contribution in [0.1, 0.15) is 76.4 Å². The number of Topliss-reactive ketones (excluding diaryl/α,β-unsaturated/α-hetero) is 1. The van der Waals surface area contributed by atoms with Gasteiger partial charge in [-0.3, -0.25) is 4.79 Å². The summed E-state index contributed by atoms with van der Waals surface area (Å²) in [5.41, 5.74) is 2.62. The molecule has 4 atom stereocenters. The Morgan fingerprint density at radius 1 is 0.891 bits per heavy atom. The largest absolute Gasteiger partial charge is 0.508 e. The van der Waals surface area contributed by atoms with E-state index in [-0.39, 0.29) is 64.2 Å². The van der Waals surface area contributed by atoms with Crippen LogP contribution in [-0.2, 0) is 6.42 Å². The van der Waals surface area contributed by atoms with Gasteiger partial charge in [0, 0.05) is 12.0 Å².